The highest BCUT2D eigenvalue weighted by atomic mass is 16.6. The first-order chi connectivity index (χ1) is 7.61. The van der Waals surface area contributed by atoms with Crippen LogP contribution >= 0.6 is 0 Å². The lowest BCUT2D eigenvalue weighted by atomic mass is 10.3. The van der Waals surface area contributed by atoms with Gasteiger partial charge in [0, 0.05) is 11.8 Å². The van der Waals surface area contributed by atoms with Crippen LogP contribution in [-0.4, -0.2) is 18.7 Å². The van der Waals surface area contributed by atoms with Crippen molar-refractivity contribution in [1.82, 2.24) is 0 Å². The molecule has 1 unspecified atom stereocenters. The van der Waals surface area contributed by atoms with E-state index < -0.39 is 12.1 Å². The molecule has 1 aromatic rings. The number of nitriles is 1. The summed E-state index contributed by atoms with van der Waals surface area (Å²) in [6.07, 6.45) is -0.767. The maximum atomic E-state index is 11.1. The van der Waals surface area contributed by atoms with Crippen molar-refractivity contribution < 1.29 is 14.3 Å². The number of rotatable bonds is 4. The molecule has 1 rings (SSSR count). The average molecular weight is 220 g/mol. The van der Waals surface area contributed by atoms with Crippen LogP contribution in [0.1, 0.15) is 6.92 Å². The molecule has 1 atom stereocenters. The van der Waals surface area contributed by atoms with Crippen LogP contribution in [0.15, 0.2) is 24.3 Å². The van der Waals surface area contributed by atoms with Crippen LogP contribution in [0.4, 0.5) is 5.69 Å². The summed E-state index contributed by atoms with van der Waals surface area (Å²) in [5.74, 6) is -0.0990. The van der Waals surface area contributed by atoms with Gasteiger partial charge in [0.25, 0.3) is 0 Å². The van der Waals surface area contributed by atoms with E-state index in [1.807, 2.05) is 0 Å². The van der Waals surface area contributed by atoms with Gasteiger partial charge in [-0.05, 0) is 19.1 Å². The van der Waals surface area contributed by atoms with Crippen LogP contribution in [0, 0.1) is 11.3 Å². The van der Waals surface area contributed by atoms with Crippen molar-refractivity contribution in [2.75, 3.05) is 12.3 Å². The van der Waals surface area contributed by atoms with E-state index in [-0.39, 0.29) is 6.61 Å². The lowest BCUT2D eigenvalue weighted by Crippen LogP contribution is -2.19. The molecule has 0 heterocycles. The van der Waals surface area contributed by atoms with Crippen molar-refractivity contribution in [3.8, 4) is 11.8 Å². The highest BCUT2D eigenvalue weighted by Crippen LogP contribution is 2.14. The quantitative estimate of drug-likeness (QED) is 0.606. The average Bonchev–Trinajstić information content (AvgIpc) is 2.26. The zero-order valence-corrected chi connectivity index (χ0v) is 8.84. The zero-order chi connectivity index (χ0) is 12.0. The number of carbonyl (C=O) groups is 1. The van der Waals surface area contributed by atoms with Gasteiger partial charge in [0.15, 0.2) is 12.7 Å². The third-order valence-electron chi connectivity index (χ3n) is 1.70. The molecule has 5 heteroatoms. The zero-order valence-electron chi connectivity index (χ0n) is 8.84. The Morgan fingerprint density at radius 3 is 3.00 bits per heavy atom. The van der Waals surface area contributed by atoms with E-state index in [0.29, 0.717) is 11.4 Å². The molecule has 0 bridgehead atoms. The summed E-state index contributed by atoms with van der Waals surface area (Å²) >= 11 is 0. The molecule has 0 aromatic heterocycles. The standard InChI is InChI=1S/C11H12N2O3/c1-8(6-12)16-11(14)7-15-10-4-2-3-9(13)5-10/h2-5,8H,7,13H2,1H3. The van der Waals surface area contributed by atoms with Gasteiger partial charge in [-0.3, -0.25) is 0 Å². The largest absolute Gasteiger partial charge is 0.482 e. The fraction of sp³-hybridized carbons (Fsp3) is 0.273. The summed E-state index contributed by atoms with van der Waals surface area (Å²) in [7, 11) is 0. The minimum absolute atomic E-state index is 0.241. The molecule has 1 aromatic carbocycles. The van der Waals surface area contributed by atoms with Crippen molar-refractivity contribution >= 4 is 11.7 Å². The minimum Gasteiger partial charge on any atom is -0.482 e. The molecule has 0 saturated heterocycles. The first kappa shape index (κ1) is 11.9. The van der Waals surface area contributed by atoms with Gasteiger partial charge in [0.2, 0.25) is 0 Å². The molecule has 5 nitrogen and oxygen atoms in total. The number of nitrogens with zero attached hydrogens (tertiary/aromatic N) is 1. The van der Waals surface area contributed by atoms with E-state index in [9.17, 15) is 4.79 Å². The predicted octanol–water partition coefficient (Wildman–Crippen LogP) is 1.10. The second kappa shape index (κ2) is 5.61. The third-order valence-corrected chi connectivity index (χ3v) is 1.70. The monoisotopic (exact) mass is 220 g/mol. The Bertz CT molecular complexity index is 412. The third kappa shape index (κ3) is 3.88. The molecule has 0 spiro atoms. The molecular formula is C11H12N2O3. The van der Waals surface area contributed by atoms with Crippen molar-refractivity contribution in [3.63, 3.8) is 0 Å². The minimum atomic E-state index is -0.767. The van der Waals surface area contributed by atoms with Crippen LogP contribution < -0.4 is 10.5 Å². The Kier molecular flexibility index (Phi) is 4.16. The van der Waals surface area contributed by atoms with Crippen LogP contribution in [0.2, 0.25) is 0 Å². The van der Waals surface area contributed by atoms with E-state index in [0.717, 1.165) is 0 Å². The number of ether oxygens (including phenoxy) is 2. The number of benzene rings is 1. The molecule has 0 aliphatic rings. The van der Waals surface area contributed by atoms with Crippen LogP contribution in [0.3, 0.4) is 0 Å². The van der Waals surface area contributed by atoms with Crippen LogP contribution in [-0.2, 0) is 9.53 Å². The Labute approximate surface area is 93.4 Å². The normalized spacial score (nSPS) is 11.2. The van der Waals surface area contributed by atoms with Crippen molar-refractivity contribution in [2.45, 2.75) is 13.0 Å². The summed E-state index contributed by atoms with van der Waals surface area (Å²) in [4.78, 5) is 11.1. The van der Waals surface area contributed by atoms with Gasteiger partial charge in [0.05, 0.1) is 0 Å². The molecule has 84 valence electrons. The summed E-state index contributed by atoms with van der Waals surface area (Å²) in [6.45, 7) is 1.24. The number of esters is 1. The molecule has 16 heavy (non-hydrogen) atoms. The van der Waals surface area contributed by atoms with E-state index in [1.165, 1.54) is 6.92 Å². The molecule has 0 fully saturated rings. The Balaban J connectivity index is 2.41. The van der Waals surface area contributed by atoms with Crippen molar-refractivity contribution in [2.24, 2.45) is 0 Å². The van der Waals surface area contributed by atoms with Gasteiger partial charge in [-0.2, -0.15) is 5.26 Å². The second-order valence-electron chi connectivity index (χ2n) is 3.12. The summed E-state index contributed by atoms with van der Waals surface area (Å²) in [5, 5.41) is 8.42. The number of carbonyl (C=O) groups excluding carboxylic acids is 1. The molecular weight excluding hydrogens is 208 g/mol. The summed E-state index contributed by atoms with van der Waals surface area (Å²) in [6, 6.07) is 8.49. The van der Waals surface area contributed by atoms with Crippen LogP contribution in [0.5, 0.6) is 5.75 Å². The second-order valence-corrected chi connectivity index (χ2v) is 3.12. The highest BCUT2D eigenvalue weighted by molar-refractivity contribution is 5.71. The van der Waals surface area contributed by atoms with Gasteiger partial charge >= 0.3 is 5.97 Å². The van der Waals surface area contributed by atoms with E-state index >= 15 is 0 Å². The SMILES string of the molecule is CC(C#N)OC(=O)COc1cccc(N)c1. The van der Waals surface area contributed by atoms with Crippen molar-refractivity contribution in [1.29, 1.82) is 5.26 Å². The molecule has 0 amide bonds. The lowest BCUT2D eigenvalue weighted by Gasteiger charge is -2.08. The van der Waals surface area contributed by atoms with E-state index in [2.05, 4.69) is 0 Å². The van der Waals surface area contributed by atoms with Gasteiger partial charge in [-0.15, -0.1) is 0 Å². The molecule has 2 N–H and O–H groups in total. The predicted molar refractivity (Wildman–Crippen MR) is 57.5 cm³/mol. The first-order valence-corrected chi connectivity index (χ1v) is 4.69. The number of nitrogens with two attached hydrogens (primary N) is 1. The number of hydrogen-bond donors (Lipinski definition) is 1. The number of hydrogen-bond acceptors (Lipinski definition) is 5. The fourth-order valence-electron chi connectivity index (χ4n) is 1.00. The fourth-order valence-corrected chi connectivity index (χ4v) is 1.00. The summed E-state index contributed by atoms with van der Waals surface area (Å²) < 4.78 is 9.83. The van der Waals surface area contributed by atoms with E-state index in [4.69, 9.17) is 20.5 Å². The maximum absolute atomic E-state index is 11.1. The lowest BCUT2D eigenvalue weighted by molar-refractivity contribution is -0.148. The smallest absolute Gasteiger partial charge is 0.345 e. The van der Waals surface area contributed by atoms with Gasteiger partial charge in [0.1, 0.15) is 11.8 Å². The molecule has 0 aliphatic carbocycles. The van der Waals surface area contributed by atoms with Gasteiger partial charge < -0.3 is 15.2 Å². The number of anilines is 1. The van der Waals surface area contributed by atoms with Gasteiger partial charge in [-0.1, -0.05) is 6.07 Å². The number of nitrogen functional groups attached to an aromatic ring is 1. The Morgan fingerprint density at radius 1 is 1.62 bits per heavy atom. The Hall–Kier alpha value is -2.22. The van der Waals surface area contributed by atoms with E-state index in [1.54, 1.807) is 30.3 Å². The molecule has 0 aliphatic heterocycles. The topological polar surface area (TPSA) is 85.3 Å². The highest BCUT2D eigenvalue weighted by Gasteiger charge is 2.08. The first-order valence-electron chi connectivity index (χ1n) is 4.69. The summed E-state index contributed by atoms with van der Waals surface area (Å²) in [5.41, 5.74) is 6.08. The van der Waals surface area contributed by atoms with Crippen LogP contribution in [0.25, 0.3) is 0 Å². The van der Waals surface area contributed by atoms with Gasteiger partial charge in [-0.25, -0.2) is 4.79 Å². The molecule has 0 radical (unpaired) electrons. The Morgan fingerprint density at radius 2 is 2.38 bits per heavy atom. The maximum Gasteiger partial charge on any atom is 0.345 e. The molecule has 0 saturated carbocycles. The van der Waals surface area contributed by atoms with Crippen molar-refractivity contribution in [3.05, 3.63) is 24.3 Å².